The summed E-state index contributed by atoms with van der Waals surface area (Å²) in [6.07, 6.45) is 1.88. The van der Waals surface area contributed by atoms with Crippen molar-refractivity contribution in [1.29, 1.82) is 0 Å². The monoisotopic (exact) mass is 396 g/mol. The van der Waals surface area contributed by atoms with E-state index in [4.69, 9.17) is 4.42 Å². The van der Waals surface area contributed by atoms with Crippen molar-refractivity contribution in [1.82, 2.24) is 15.8 Å². The van der Waals surface area contributed by atoms with Gasteiger partial charge in [0.05, 0.1) is 6.20 Å². The number of nitrogens with zero attached hydrogens (tertiary/aromatic N) is 2. The van der Waals surface area contributed by atoms with Crippen LogP contribution in [0.1, 0.15) is 22.7 Å². The molecule has 0 spiro atoms. The highest BCUT2D eigenvalue weighted by Crippen LogP contribution is 2.21. The van der Waals surface area contributed by atoms with Gasteiger partial charge in [-0.2, -0.15) is 0 Å². The second-order valence-electron chi connectivity index (χ2n) is 6.57. The average Bonchev–Trinajstić information content (AvgIpc) is 3.20. The molecule has 0 saturated carbocycles. The summed E-state index contributed by atoms with van der Waals surface area (Å²) in [5, 5.41) is 0. The summed E-state index contributed by atoms with van der Waals surface area (Å²) in [4.78, 5) is 30.2. The smallest absolute Gasteiger partial charge is 0.269 e. The number of hydrazine groups is 1. The molecule has 3 rings (SSSR count). The summed E-state index contributed by atoms with van der Waals surface area (Å²) in [5.41, 5.74) is 6.79. The Balaban J connectivity index is 1.48. The van der Waals surface area contributed by atoms with Crippen molar-refractivity contribution >= 4 is 17.5 Å². The number of carbonyl (C=O) groups excluding carboxylic acids is 2. The molecular weight excluding hydrogens is 375 g/mol. The van der Waals surface area contributed by atoms with Gasteiger partial charge in [-0.25, -0.2) is 9.37 Å². The van der Waals surface area contributed by atoms with Crippen molar-refractivity contribution in [2.75, 3.05) is 19.0 Å². The number of hydrogen-bond acceptors (Lipinski definition) is 5. The van der Waals surface area contributed by atoms with Crippen molar-refractivity contribution in [3.05, 3.63) is 72.0 Å². The van der Waals surface area contributed by atoms with E-state index in [2.05, 4.69) is 15.8 Å². The molecule has 2 N–H and O–H groups in total. The molecule has 0 unspecified atom stereocenters. The van der Waals surface area contributed by atoms with Gasteiger partial charge in [-0.3, -0.25) is 20.4 Å². The molecule has 0 radical (unpaired) electrons. The van der Waals surface area contributed by atoms with E-state index in [0.717, 1.165) is 5.69 Å². The zero-order chi connectivity index (χ0) is 20.8. The molecule has 0 aliphatic heterocycles. The van der Waals surface area contributed by atoms with E-state index < -0.39 is 5.91 Å². The number of rotatable bonds is 6. The fourth-order valence-corrected chi connectivity index (χ4v) is 2.58. The Bertz CT molecular complexity index is 999. The number of amides is 2. The fourth-order valence-electron chi connectivity index (χ4n) is 2.58. The first-order chi connectivity index (χ1) is 13.9. The molecule has 0 saturated heterocycles. The molecule has 7 nitrogen and oxygen atoms in total. The van der Waals surface area contributed by atoms with Gasteiger partial charge in [0.15, 0.2) is 11.7 Å². The van der Waals surface area contributed by atoms with Gasteiger partial charge in [-0.1, -0.05) is 6.07 Å². The van der Waals surface area contributed by atoms with Crippen LogP contribution in [-0.2, 0) is 11.2 Å². The molecular formula is C21H21FN4O3. The van der Waals surface area contributed by atoms with Gasteiger partial charge < -0.3 is 9.32 Å². The van der Waals surface area contributed by atoms with E-state index in [1.807, 2.05) is 25.1 Å². The fraction of sp³-hybridized carbons (Fsp3) is 0.190. The summed E-state index contributed by atoms with van der Waals surface area (Å²) in [6.45, 7) is 0. The minimum Gasteiger partial charge on any atom is -0.441 e. The molecule has 8 heteroatoms. The number of aryl methyl sites for hydroxylation is 1. The minimum atomic E-state index is -0.406. The average molecular weight is 396 g/mol. The third-order valence-electron chi connectivity index (χ3n) is 4.19. The number of oxazole rings is 1. The predicted molar refractivity (Wildman–Crippen MR) is 107 cm³/mol. The van der Waals surface area contributed by atoms with Crippen molar-refractivity contribution in [2.45, 2.75) is 12.8 Å². The number of aromatic nitrogens is 1. The molecule has 0 atom stereocenters. The van der Waals surface area contributed by atoms with Crippen LogP contribution in [0.25, 0.3) is 11.3 Å². The Morgan fingerprint density at radius 1 is 1.10 bits per heavy atom. The van der Waals surface area contributed by atoms with Gasteiger partial charge in [0.2, 0.25) is 5.91 Å². The standard InChI is InChI=1S/C21H21FN4O3/c1-26(2)17-5-3-4-15(12-17)21(28)25-24-19(27)10-11-20-23-13-18(29-20)14-6-8-16(22)9-7-14/h3-9,12-13H,10-11H2,1-2H3,(H,24,27)(H,25,28). The lowest BCUT2D eigenvalue weighted by atomic mass is 10.2. The number of anilines is 1. The Labute approximate surface area is 167 Å². The van der Waals surface area contributed by atoms with Crippen LogP contribution in [0.3, 0.4) is 0 Å². The second kappa shape index (κ2) is 9.01. The number of benzene rings is 2. The molecule has 1 heterocycles. The van der Waals surface area contributed by atoms with E-state index in [0.29, 0.717) is 22.8 Å². The third kappa shape index (κ3) is 5.41. The van der Waals surface area contributed by atoms with E-state index in [1.54, 1.807) is 30.3 Å². The van der Waals surface area contributed by atoms with Gasteiger partial charge >= 0.3 is 0 Å². The molecule has 2 aromatic carbocycles. The van der Waals surface area contributed by atoms with E-state index in [9.17, 15) is 14.0 Å². The third-order valence-corrected chi connectivity index (χ3v) is 4.19. The van der Waals surface area contributed by atoms with Crippen LogP contribution in [0.4, 0.5) is 10.1 Å². The Morgan fingerprint density at radius 3 is 2.59 bits per heavy atom. The van der Waals surface area contributed by atoms with Gasteiger partial charge in [-0.15, -0.1) is 0 Å². The normalized spacial score (nSPS) is 10.4. The van der Waals surface area contributed by atoms with Crippen LogP contribution in [0.15, 0.2) is 59.1 Å². The summed E-state index contributed by atoms with van der Waals surface area (Å²) in [5.74, 6) is -0.236. The van der Waals surface area contributed by atoms with Crippen LogP contribution in [0.5, 0.6) is 0 Å². The zero-order valence-corrected chi connectivity index (χ0v) is 16.1. The Kier molecular flexibility index (Phi) is 6.23. The van der Waals surface area contributed by atoms with Gasteiger partial charge in [0.1, 0.15) is 5.82 Å². The highest BCUT2D eigenvalue weighted by atomic mass is 19.1. The maximum absolute atomic E-state index is 13.0. The Morgan fingerprint density at radius 2 is 1.86 bits per heavy atom. The SMILES string of the molecule is CN(C)c1cccc(C(=O)NNC(=O)CCc2ncc(-c3ccc(F)cc3)o2)c1. The lowest BCUT2D eigenvalue weighted by Crippen LogP contribution is -2.41. The summed E-state index contributed by atoms with van der Waals surface area (Å²) >= 11 is 0. The molecule has 0 aliphatic carbocycles. The van der Waals surface area contributed by atoms with Crippen molar-refractivity contribution in [3.63, 3.8) is 0 Å². The second-order valence-corrected chi connectivity index (χ2v) is 6.57. The number of carbonyl (C=O) groups is 2. The van der Waals surface area contributed by atoms with Gasteiger partial charge in [0.25, 0.3) is 5.91 Å². The van der Waals surface area contributed by atoms with Crippen molar-refractivity contribution in [2.24, 2.45) is 0 Å². The van der Waals surface area contributed by atoms with E-state index >= 15 is 0 Å². The molecule has 0 fully saturated rings. The molecule has 0 bridgehead atoms. The van der Waals surface area contributed by atoms with E-state index in [1.165, 1.54) is 18.3 Å². The molecule has 150 valence electrons. The molecule has 2 amide bonds. The van der Waals surface area contributed by atoms with Crippen LogP contribution in [0, 0.1) is 5.82 Å². The highest BCUT2D eigenvalue weighted by molar-refractivity contribution is 5.96. The lowest BCUT2D eigenvalue weighted by Gasteiger charge is -2.13. The molecule has 29 heavy (non-hydrogen) atoms. The van der Waals surface area contributed by atoms with Crippen LogP contribution in [0.2, 0.25) is 0 Å². The lowest BCUT2D eigenvalue weighted by molar-refractivity contribution is -0.121. The van der Waals surface area contributed by atoms with Gasteiger partial charge in [-0.05, 0) is 42.5 Å². The van der Waals surface area contributed by atoms with Crippen LogP contribution < -0.4 is 15.8 Å². The first-order valence-corrected chi connectivity index (χ1v) is 8.99. The van der Waals surface area contributed by atoms with Crippen LogP contribution >= 0.6 is 0 Å². The summed E-state index contributed by atoms with van der Waals surface area (Å²) in [7, 11) is 3.76. The van der Waals surface area contributed by atoms with Crippen LogP contribution in [-0.4, -0.2) is 30.9 Å². The highest BCUT2D eigenvalue weighted by Gasteiger charge is 2.11. The largest absolute Gasteiger partial charge is 0.441 e. The predicted octanol–water partition coefficient (Wildman–Crippen LogP) is 2.94. The molecule has 3 aromatic rings. The van der Waals surface area contributed by atoms with Crippen molar-refractivity contribution < 1.29 is 18.4 Å². The molecule has 1 aromatic heterocycles. The first-order valence-electron chi connectivity index (χ1n) is 8.99. The number of halogens is 1. The van der Waals surface area contributed by atoms with E-state index in [-0.39, 0.29) is 24.6 Å². The Hall–Kier alpha value is -3.68. The zero-order valence-electron chi connectivity index (χ0n) is 16.1. The summed E-state index contributed by atoms with van der Waals surface area (Å²) in [6, 6.07) is 12.9. The summed E-state index contributed by atoms with van der Waals surface area (Å²) < 4.78 is 18.6. The van der Waals surface area contributed by atoms with Crippen molar-refractivity contribution in [3.8, 4) is 11.3 Å². The number of nitrogens with one attached hydrogen (secondary N) is 2. The maximum atomic E-state index is 13.0. The minimum absolute atomic E-state index is 0.0847. The first kappa shape index (κ1) is 20.1. The quantitative estimate of drug-likeness (QED) is 0.626. The maximum Gasteiger partial charge on any atom is 0.269 e. The topological polar surface area (TPSA) is 87.5 Å². The number of hydrogen-bond donors (Lipinski definition) is 2. The van der Waals surface area contributed by atoms with Gasteiger partial charge in [0, 0.05) is 43.8 Å². The molecule has 0 aliphatic rings.